The molecule has 0 unspecified atom stereocenters. The smallest absolute Gasteiger partial charge is 0.338 e. The van der Waals surface area contributed by atoms with Crippen LogP contribution in [0.5, 0.6) is 11.5 Å². The van der Waals surface area contributed by atoms with Crippen molar-refractivity contribution in [1.29, 1.82) is 0 Å². The summed E-state index contributed by atoms with van der Waals surface area (Å²) < 4.78 is 11.3. The fourth-order valence-electron chi connectivity index (χ4n) is 2.73. The van der Waals surface area contributed by atoms with Crippen LogP contribution in [-0.4, -0.2) is 27.5 Å². The molecule has 0 bridgehead atoms. The first kappa shape index (κ1) is 23.0. The molecule has 0 aliphatic rings. The predicted molar refractivity (Wildman–Crippen MR) is 130 cm³/mol. The second-order valence-corrected chi connectivity index (χ2v) is 9.00. The maximum Gasteiger partial charge on any atom is 0.338 e. The van der Waals surface area contributed by atoms with E-state index in [4.69, 9.17) is 21.1 Å². The Morgan fingerprint density at radius 1 is 1.18 bits per heavy atom. The zero-order valence-electron chi connectivity index (χ0n) is 17.7. The number of benzene rings is 1. The summed E-state index contributed by atoms with van der Waals surface area (Å²) in [7, 11) is 0. The van der Waals surface area contributed by atoms with Crippen LogP contribution in [0.1, 0.15) is 23.0 Å². The second kappa shape index (κ2) is 10.7. The van der Waals surface area contributed by atoms with E-state index in [1.54, 1.807) is 43.6 Å². The maximum atomic E-state index is 12.2. The first-order valence-electron chi connectivity index (χ1n) is 9.94. The Morgan fingerprint density at radius 3 is 2.79 bits per heavy atom. The summed E-state index contributed by atoms with van der Waals surface area (Å²) in [5, 5.41) is 7.00. The molecule has 7 nitrogen and oxygen atoms in total. The number of ether oxygens (including phenoxy) is 2. The number of rotatable bonds is 8. The standard InChI is InChI=1S/C23H19ClN4O3S2/c1-3-30-22(29)15-7-8-16(24)17(10-15)31-18-11-20(28-23-27-14(2)13-32-23)26-12-19(18)33-21-6-4-5-9-25-21/h4-13H,3H2,1-2H3,(H,26,27,28). The van der Waals surface area contributed by atoms with E-state index >= 15 is 0 Å². The highest BCUT2D eigenvalue weighted by atomic mass is 35.5. The molecule has 10 heteroatoms. The minimum atomic E-state index is -0.446. The van der Waals surface area contributed by atoms with E-state index in [0.717, 1.165) is 20.7 Å². The number of anilines is 2. The van der Waals surface area contributed by atoms with Crippen LogP contribution >= 0.6 is 34.7 Å². The van der Waals surface area contributed by atoms with Gasteiger partial charge in [-0.25, -0.2) is 19.7 Å². The molecular weight excluding hydrogens is 480 g/mol. The number of hydrogen-bond donors (Lipinski definition) is 1. The van der Waals surface area contributed by atoms with Gasteiger partial charge < -0.3 is 14.8 Å². The number of pyridine rings is 2. The Balaban J connectivity index is 1.68. The van der Waals surface area contributed by atoms with E-state index in [2.05, 4.69) is 20.3 Å². The molecule has 1 aromatic carbocycles. The lowest BCUT2D eigenvalue weighted by Crippen LogP contribution is -2.04. The molecular formula is C23H19ClN4O3S2. The minimum Gasteiger partial charge on any atom is -0.462 e. The van der Waals surface area contributed by atoms with Gasteiger partial charge in [0, 0.05) is 23.8 Å². The van der Waals surface area contributed by atoms with E-state index in [-0.39, 0.29) is 6.61 Å². The molecule has 0 amide bonds. The molecule has 168 valence electrons. The van der Waals surface area contributed by atoms with Gasteiger partial charge in [0.15, 0.2) is 5.13 Å². The molecule has 3 heterocycles. The van der Waals surface area contributed by atoms with Gasteiger partial charge >= 0.3 is 5.97 Å². The van der Waals surface area contributed by atoms with Gasteiger partial charge in [-0.1, -0.05) is 29.4 Å². The van der Waals surface area contributed by atoms with Crippen LogP contribution in [0.15, 0.2) is 70.2 Å². The van der Waals surface area contributed by atoms with Crippen LogP contribution < -0.4 is 10.1 Å². The van der Waals surface area contributed by atoms with E-state index < -0.39 is 5.97 Å². The van der Waals surface area contributed by atoms with Gasteiger partial charge in [0.25, 0.3) is 0 Å². The van der Waals surface area contributed by atoms with Gasteiger partial charge in [-0.2, -0.15) is 0 Å². The Morgan fingerprint density at radius 2 is 2.06 bits per heavy atom. The molecule has 4 aromatic rings. The minimum absolute atomic E-state index is 0.276. The van der Waals surface area contributed by atoms with Crippen molar-refractivity contribution in [2.45, 2.75) is 23.8 Å². The molecule has 0 radical (unpaired) electrons. The molecule has 0 aliphatic heterocycles. The molecule has 0 aliphatic carbocycles. The van der Waals surface area contributed by atoms with Crippen molar-refractivity contribution in [3.63, 3.8) is 0 Å². The third kappa shape index (κ3) is 6.01. The third-order valence-electron chi connectivity index (χ3n) is 4.20. The number of carbonyl (C=O) groups is 1. The number of carbonyl (C=O) groups excluding carboxylic acids is 1. The van der Waals surface area contributed by atoms with Crippen LogP contribution in [0.25, 0.3) is 0 Å². The van der Waals surface area contributed by atoms with E-state index in [9.17, 15) is 4.79 Å². The summed E-state index contributed by atoms with van der Waals surface area (Å²) in [5.74, 6) is 0.937. The third-order valence-corrected chi connectivity index (χ3v) is 6.37. The van der Waals surface area contributed by atoms with Crippen LogP contribution in [0, 0.1) is 6.92 Å². The van der Waals surface area contributed by atoms with Gasteiger partial charge in [-0.05, 0) is 44.2 Å². The van der Waals surface area contributed by atoms with E-state index in [1.807, 2.05) is 30.5 Å². The fourth-order valence-corrected chi connectivity index (χ4v) is 4.37. The molecule has 4 rings (SSSR count). The summed E-state index contributed by atoms with van der Waals surface area (Å²) in [6, 6.07) is 12.2. The lowest BCUT2D eigenvalue weighted by molar-refractivity contribution is 0.0526. The van der Waals surface area contributed by atoms with Crippen molar-refractivity contribution in [1.82, 2.24) is 15.0 Å². The Hall–Kier alpha value is -3.14. The topological polar surface area (TPSA) is 86.2 Å². The van der Waals surface area contributed by atoms with Gasteiger partial charge in [0.2, 0.25) is 0 Å². The van der Waals surface area contributed by atoms with Gasteiger partial charge in [-0.3, -0.25) is 0 Å². The zero-order valence-corrected chi connectivity index (χ0v) is 20.1. The number of hydrogen-bond acceptors (Lipinski definition) is 9. The van der Waals surface area contributed by atoms with Crippen molar-refractivity contribution < 1.29 is 14.3 Å². The lowest BCUT2D eigenvalue weighted by Gasteiger charge is -2.14. The van der Waals surface area contributed by atoms with Crippen molar-refractivity contribution in [2.75, 3.05) is 11.9 Å². The molecule has 0 atom stereocenters. The Kier molecular flexibility index (Phi) is 7.43. The highest BCUT2D eigenvalue weighted by Crippen LogP contribution is 2.39. The van der Waals surface area contributed by atoms with Crippen molar-refractivity contribution in [3.05, 3.63) is 76.5 Å². The highest BCUT2D eigenvalue weighted by Gasteiger charge is 2.16. The molecule has 0 saturated heterocycles. The summed E-state index contributed by atoms with van der Waals surface area (Å²) >= 11 is 9.26. The van der Waals surface area contributed by atoms with Crippen molar-refractivity contribution >= 4 is 51.6 Å². The average Bonchev–Trinajstić information content (AvgIpc) is 3.22. The molecule has 0 spiro atoms. The number of halogens is 1. The van der Waals surface area contributed by atoms with E-state index in [1.165, 1.54) is 23.1 Å². The maximum absolute atomic E-state index is 12.2. The monoisotopic (exact) mass is 498 g/mol. The Labute approximate surface area is 204 Å². The number of thiazole rings is 1. The summed E-state index contributed by atoms with van der Waals surface area (Å²) in [4.78, 5) is 26.2. The second-order valence-electron chi connectivity index (χ2n) is 6.67. The van der Waals surface area contributed by atoms with Gasteiger partial charge in [0.05, 0.1) is 27.8 Å². The molecule has 1 N–H and O–H groups in total. The number of aryl methyl sites for hydroxylation is 1. The average molecular weight is 499 g/mol. The molecule has 33 heavy (non-hydrogen) atoms. The molecule has 0 saturated carbocycles. The van der Waals surface area contributed by atoms with Gasteiger partial charge in [-0.15, -0.1) is 11.3 Å². The van der Waals surface area contributed by atoms with Crippen molar-refractivity contribution in [3.8, 4) is 11.5 Å². The first-order chi connectivity index (χ1) is 16.0. The highest BCUT2D eigenvalue weighted by molar-refractivity contribution is 7.99. The van der Waals surface area contributed by atoms with Crippen LogP contribution in [-0.2, 0) is 4.74 Å². The number of nitrogens with one attached hydrogen (secondary N) is 1. The largest absolute Gasteiger partial charge is 0.462 e. The van der Waals surface area contributed by atoms with E-state index in [0.29, 0.717) is 27.9 Å². The summed E-state index contributed by atoms with van der Waals surface area (Å²) in [6.45, 7) is 3.95. The van der Waals surface area contributed by atoms with Crippen LogP contribution in [0.3, 0.4) is 0 Å². The number of aromatic nitrogens is 3. The summed E-state index contributed by atoms with van der Waals surface area (Å²) in [5.41, 5.74) is 1.27. The quantitative estimate of drug-likeness (QED) is 0.267. The first-order valence-corrected chi connectivity index (χ1v) is 12.0. The summed E-state index contributed by atoms with van der Waals surface area (Å²) in [6.07, 6.45) is 3.41. The lowest BCUT2D eigenvalue weighted by atomic mass is 10.2. The zero-order chi connectivity index (χ0) is 23.2. The number of nitrogens with zero attached hydrogens (tertiary/aromatic N) is 3. The fraction of sp³-hybridized carbons (Fsp3) is 0.130. The SMILES string of the molecule is CCOC(=O)c1ccc(Cl)c(Oc2cc(Nc3nc(C)cs3)ncc2Sc2ccccn2)c1. The van der Waals surface area contributed by atoms with Gasteiger partial charge in [0.1, 0.15) is 22.3 Å². The van der Waals surface area contributed by atoms with Crippen LogP contribution in [0.4, 0.5) is 10.9 Å². The van der Waals surface area contributed by atoms with Crippen molar-refractivity contribution in [2.24, 2.45) is 0 Å². The number of esters is 1. The predicted octanol–water partition coefficient (Wildman–Crippen LogP) is 6.76. The normalized spacial score (nSPS) is 10.6. The molecule has 3 aromatic heterocycles. The van der Waals surface area contributed by atoms with Crippen LogP contribution in [0.2, 0.25) is 5.02 Å². The Bertz CT molecular complexity index is 1270. The molecule has 0 fully saturated rings.